The molecule has 38 heavy (non-hydrogen) atoms. The van der Waals surface area contributed by atoms with Gasteiger partial charge in [-0.15, -0.1) is 0 Å². The quantitative estimate of drug-likeness (QED) is 0.216. The molecule has 0 aromatic carbocycles. The van der Waals surface area contributed by atoms with Crippen molar-refractivity contribution in [3.8, 4) is 0 Å². The second kappa shape index (κ2) is 11.8. The molecule has 0 amide bonds. The fraction of sp³-hybridized carbons (Fsp3) is 0.429. The molecule has 3 rings (SSSR count). The number of allylic oxidation sites excluding steroid dienone is 3. The average molecular weight is 546 g/mol. The van der Waals surface area contributed by atoms with Gasteiger partial charge in [0.05, 0.1) is 23.5 Å². The minimum atomic E-state index is -4.85. The van der Waals surface area contributed by atoms with Crippen molar-refractivity contribution in [2.75, 3.05) is 37.7 Å². The Kier molecular flexibility index (Phi) is 8.76. The maximum atomic E-state index is 13.3. The summed E-state index contributed by atoms with van der Waals surface area (Å²) in [6.07, 6.45) is -6.04. The third-order valence-electron chi connectivity index (χ3n) is 5.22. The van der Waals surface area contributed by atoms with Crippen LogP contribution >= 0.6 is 0 Å². The fourth-order valence-electron chi connectivity index (χ4n) is 3.39. The third kappa shape index (κ3) is 7.11. The molecule has 3 heterocycles. The zero-order valence-electron chi connectivity index (χ0n) is 19.6. The van der Waals surface area contributed by atoms with Crippen molar-refractivity contribution in [1.29, 1.82) is 0 Å². The molecule has 0 saturated carbocycles. The highest BCUT2D eigenvalue weighted by atomic mass is 19.4. The van der Waals surface area contributed by atoms with Crippen molar-refractivity contribution in [1.82, 2.24) is 25.6 Å². The van der Waals surface area contributed by atoms with Crippen LogP contribution in [0, 0.1) is 0 Å². The molecule has 1 aromatic heterocycles. The summed E-state index contributed by atoms with van der Waals surface area (Å²) >= 11 is 0. The van der Waals surface area contributed by atoms with Crippen LogP contribution in [0.2, 0.25) is 0 Å². The van der Waals surface area contributed by atoms with Gasteiger partial charge in [-0.05, 0) is 6.92 Å². The third-order valence-corrected chi connectivity index (χ3v) is 5.22. The number of halogens is 6. The van der Waals surface area contributed by atoms with Crippen LogP contribution in [0.25, 0.3) is 0 Å². The molecule has 1 aromatic rings. The summed E-state index contributed by atoms with van der Waals surface area (Å²) in [7, 11) is 0. The highest BCUT2D eigenvalue weighted by Crippen LogP contribution is 2.32. The molecule has 17 heteroatoms. The molecule has 2 N–H and O–H groups in total. The number of hydrogen-bond acceptors (Lipinski definition) is 11. The standard InChI is InChI=1S/C21H20F6N8O3/c1-13(32-16-9-30-33-17(11-37)18(16)21(25,26)27)12-38-31-8-15(10-36)34-2-4-35(5-3-34)19-28-6-14(7-29-19)20(22,23)24/h6-9,13,32-33H,2-5,12H2,1H3. The Morgan fingerprint density at radius 2 is 1.82 bits per heavy atom. The number of rotatable bonds is 8. The average Bonchev–Trinajstić information content (AvgIpc) is 2.87. The number of oxime groups is 1. The van der Waals surface area contributed by atoms with Crippen LogP contribution in [0.4, 0.5) is 32.3 Å². The molecule has 2 aliphatic rings. The number of aromatic nitrogens is 2. The van der Waals surface area contributed by atoms with Gasteiger partial charge in [-0.1, -0.05) is 5.16 Å². The number of anilines is 1. The monoisotopic (exact) mass is 546 g/mol. The fourth-order valence-corrected chi connectivity index (χ4v) is 3.39. The number of piperazine rings is 1. The SMILES string of the molecule is CC(CON=CC(=C=O)N1CCN(c2ncc(C(F)(F)F)cn2)CC1)NC1=C(C(F)(F)F)C(=C=O)NN=C1. The van der Waals surface area contributed by atoms with Crippen LogP contribution < -0.4 is 15.6 Å². The number of nitrogens with zero attached hydrogens (tertiary/aromatic N) is 6. The van der Waals surface area contributed by atoms with E-state index in [-0.39, 0.29) is 31.3 Å². The Bertz CT molecular complexity index is 1190. The molecule has 0 bridgehead atoms. The predicted octanol–water partition coefficient (Wildman–Crippen LogP) is 1.43. The van der Waals surface area contributed by atoms with Gasteiger partial charge in [-0.25, -0.2) is 19.6 Å². The smallest absolute Gasteiger partial charge is 0.394 e. The number of carbonyl (C=O) groups excluding carboxylic acids is 2. The maximum Gasteiger partial charge on any atom is 0.421 e. The molecule has 204 valence electrons. The molecular formula is C21H20F6N8O3. The molecule has 0 aliphatic carbocycles. The van der Waals surface area contributed by atoms with Gasteiger partial charge in [0.1, 0.15) is 24.1 Å². The van der Waals surface area contributed by atoms with Gasteiger partial charge >= 0.3 is 12.4 Å². The van der Waals surface area contributed by atoms with Crippen molar-refractivity contribution < 1.29 is 40.8 Å². The lowest BCUT2D eigenvalue weighted by Crippen LogP contribution is -2.46. The van der Waals surface area contributed by atoms with E-state index in [2.05, 4.69) is 25.5 Å². The molecule has 2 aliphatic heterocycles. The first-order valence-corrected chi connectivity index (χ1v) is 10.9. The van der Waals surface area contributed by atoms with E-state index in [0.29, 0.717) is 25.5 Å². The van der Waals surface area contributed by atoms with E-state index in [9.17, 15) is 35.9 Å². The van der Waals surface area contributed by atoms with Gasteiger partial charge in [-0.3, -0.25) is 5.43 Å². The molecule has 1 unspecified atom stereocenters. The Morgan fingerprint density at radius 1 is 1.16 bits per heavy atom. The Balaban J connectivity index is 1.51. The van der Waals surface area contributed by atoms with E-state index in [1.54, 1.807) is 15.7 Å². The van der Waals surface area contributed by atoms with E-state index in [1.807, 2.05) is 5.43 Å². The zero-order chi connectivity index (χ0) is 27.9. The minimum Gasteiger partial charge on any atom is -0.394 e. The highest BCUT2D eigenvalue weighted by molar-refractivity contribution is 5.88. The largest absolute Gasteiger partial charge is 0.421 e. The predicted molar refractivity (Wildman–Crippen MR) is 121 cm³/mol. The van der Waals surface area contributed by atoms with Crippen LogP contribution in [-0.4, -0.2) is 84.2 Å². The van der Waals surface area contributed by atoms with Crippen LogP contribution in [0.5, 0.6) is 0 Å². The van der Waals surface area contributed by atoms with Crippen LogP contribution in [-0.2, 0) is 20.6 Å². The number of nitrogens with one attached hydrogen (secondary N) is 2. The summed E-state index contributed by atoms with van der Waals surface area (Å²) in [6.45, 7) is 2.46. The summed E-state index contributed by atoms with van der Waals surface area (Å²) < 4.78 is 78.0. The Labute approximate surface area is 211 Å². The van der Waals surface area contributed by atoms with Crippen molar-refractivity contribution in [2.45, 2.75) is 25.3 Å². The second-order valence-electron chi connectivity index (χ2n) is 7.94. The van der Waals surface area contributed by atoms with E-state index in [0.717, 1.165) is 18.4 Å². The second-order valence-corrected chi connectivity index (χ2v) is 7.94. The number of alkyl halides is 6. The molecule has 11 nitrogen and oxygen atoms in total. The summed E-state index contributed by atoms with van der Waals surface area (Å²) in [5, 5.41) is 9.67. The first kappa shape index (κ1) is 28.2. The van der Waals surface area contributed by atoms with Gasteiger partial charge in [0, 0.05) is 38.6 Å². The van der Waals surface area contributed by atoms with E-state index >= 15 is 0 Å². The Hall–Kier alpha value is -4.36. The van der Waals surface area contributed by atoms with Crippen molar-refractivity contribution >= 4 is 30.3 Å². The van der Waals surface area contributed by atoms with Crippen molar-refractivity contribution in [3.05, 3.63) is 40.6 Å². The van der Waals surface area contributed by atoms with E-state index in [4.69, 9.17) is 4.84 Å². The van der Waals surface area contributed by atoms with Gasteiger partial charge in [0.15, 0.2) is 17.6 Å². The first-order valence-electron chi connectivity index (χ1n) is 10.9. The molecular weight excluding hydrogens is 526 g/mol. The molecule has 1 atom stereocenters. The van der Waals surface area contributed by atoms with Crippen LogP contribution in [0.1, 0.15) is 12.5 Å². The van der Waals surface area contributed by atoms with Gasteiger partial charge in [0.25, 0.3) is 0 Å². The molecule has 1 fully saturated rings. The van der Waals surface area contributed by atoms with Gasteiger partial charge in [0.2, 0.25) is 5.95 Å². The van der Waals surface area contributed by atoms with Crippen LogP contribution in [0.3, 0.4) is 0 Å². The van der Waals surface area contributed by atoms with Crippen molar-refractivity contribution in [2.24, 2.45) is 10.3 Å². The lowest BCUT2D eigenvalue weighted by Gasteiger charge is -2.35. The van der Waals surface area contributed by atoms with E-state index in [1.165, 1.54) is 6.92 Å². The summed E-state index contributed by atoms with van der Waals surface area (Å²) in [4.78, 5) is 38.1. The molecule has 1 saturated heterocycles. The number of hydrogen-bond donors (Lipinski definition) is 2. The lowest BCUT2D eigenvalue weighted by molar-refractivity contribution is -0.138. The van der Waals surface area contributed by atoms with Crippen molar-refractivity contribution in [3.63, 3.8) is 0 Å². The normalized spacial score (nSPS) is 17.2. The van der Waals surface area contributed by atoms with Crippen LogP contribution in [0.15, 0.2) is 45.3 Å². The number of hydrazone groups is 1. The molecule has 0 radical (unpaired) electrons. The van der Waals surface area contributed by atoms with Gasteiger partial charge < -0.3 is 20.0 Å². The maximum absolute atomic E-state index is 13.3. The first-order chi connectivity index (χ1) is 17.9. The lowest BCUT2D eigenvalue weighted by atomic mass is 10.1. The van der Waals surface area contributed by atoms with Gasteiger partial charge in [-0.2, -0.15) is 31.4 Å². The summed E-state index contributed by atoms with van der Waals surface area (Å²) in [5.74, 6) is 2.99. The molecule has 0 spiro atoms. The van der Waals surface area contributed by atoms with E-state index < -0.39 is 40.9 Å². The summed E-state index contributed by atoms with van der Waals surface area (Å²) in [6, 6.07) is -0.715. The topological polar surface area (TPSA) is 124 Å². The zero-order valence-corrected chi connectivity index (χ0v) is 19.6. The summed E-state index contributed by atoms with van der Waals surface area (Å²) in [5.41, 5.74) is -1.56. The Morgan fingerprint density at radius 3 is 2.37 bits per heavy atom. The highest BCUT2D eigenvalue weighted by Gasteiger charge is 2.41. The minimum absolute atomic E-state index is 0.0342.